The molecule has 0 spiro atoms. The number of anilines is 1. The van der Waals surface area contributed by atoms with Crippen molar-refractivity contribution in [3.63, 3.8) is 0 Å². The molecule has 1 saturated heterocycles. The molecule has 1 aromatic rings. The van der Waals surface area contributed by atoms with E-state index in [-0.39, 0.29) is 12.0 Å². The summed E-state index contributed by atoms with van der Waals surface area (Å²) >= 11 is 0. The molecule has 0 unspecified atom stereocenters. The van der Waals surface area contributed by atoms with Crippen LogP contribution in [0, 0.1) is 13.8 Å². The van der Waals surface area contributed by atoms with Gasteiger partial charge in [0.2, 0.25) is 5.91 Å². The summed E-state index contributed by atoms with van der Waals surface area (Å²) in [6, 6.07) is 6.48. The van der Waals surface area contributed by atoms with Gasteiger partial charge < -0.3 is 15.0 Å². The van der Waals surface area contributed by atoms with Gasteiger partial charge in [0.15, 0.2) is 0 Å². The van der Waals surface area contributed by atoms with Gasteiger partial charge in [0.25, 0.3) is 0 Å². The molecule has 0 bridgehead atoms. The lowest BCUT2D eigenvalue weighted by molar-refractivity contribution is -0.122. The number of piperazine rings is 1. The van der Waals surface area contributed by atoms with Gasteiger partial charge in [-0.1, -0.05) is 12.1 Å². The molecule has 0 aromatic heterocycles. The van der Waals surface area contributed by atoms with Crippen LogP contribution in [-0.4, -0.2) is 62.8 Å². The fraction of sp³-hybridized carbons (Fsp3) is 0.650. The molecule has 1 aliphatic heterocycles. The minimum absolute atomic E-state index is 0.115. The predicted molar refractivity (Wildman–Crippen MR) is 103 cm³/mol. The van der Waals surface area contributed by atoms with Crippen LogP contribution in [0.25, 0.3) is 0 Å². The highest BCUT2D eigenvalue weighted by atomic mass is 16.5. The van der Waals surface area contributed by atoms with Gasteiger partial charge in [-0.25, -0.2) is 0 Å². The van der Waals surface area contributed by atoms with Crippen LogP contribution in [0.1, 0.15) is 31.4 Å². The van der Waals surface area contributed by atoms with Crippen molar-refractivity contribution in [2.24, 2.45) is 0 Å². The molecule has 140 valence electrons. The molecule has 1 aliphatic rings. The summed E-state index contributed by atoms with van der Waals surface area (Å²) < 4.78 is 5.48. The van der Waals surface area contributed by atoms with Crippen LogP contribution >= 0.6 is 0 Å². The number of ether oxygens (including phenoxy) is 1. The number of carbonyl (C=O) groups excluding carboxylic acids is 1. The lowest BCUT2D eigenvalue weighted by atomic mass is 10.1. The topological polar surface area (TPSA) is 44.8 Å². The number of aryl methyl sites for hydroxylation is 1. The zero-order valence-electron chi connectivity index (χ0n) is 16.2. The van der Waals surface area contributed by atoms with Gasteiger partial charge in [0.1, 0.15) is 0 Å². The van der Waals surface area contributed by atoms with Crippen LogP contribution in [-0.2, 0) is 9.53 Å². The average molecular weight is 348 g/mol. The third kappa shape index (κ3) is 6.33. The number of nitrogens with one attached hydrogen (secondary N) is 1. The first-order valence-corrected chi connectivity index (χ1v) is 9.39. The number of hydrogen-bond acceptors (Lipinski definition) is 4. The van der Waals surface area contributed by atoms with Crippen LogP contribution in [0.2, 0.25) is 0 Å². The van der Waals surface area contributed by atoms with Gasteiger partial charge in [-0.2, -0.15) is 0 Å². The van der Waals surface area contributed by atoms with Crippen molar-refractivity contribution in [3.8, 4) is 0 Å². The highest BCUT2D eigenvalue weighted by molar-refractivity contribution is 5.78. The van der Waals surface area contributed by atoms with Crippen molar-refractivity contribution in [2.45, 2.75) is 40.2 Å². The minimum atomic E-state index is 0.115. The Morgan fingerprint density at radius 2 is 1.92 bits per heavy atom. The summed E-state index contributed by atoms with van der Waals surface area (Å²) in [7, 11) is 0. The molecule has 2 rings (SSSR count). The Labute approximate surface area is 152 Å². The Morgan fingerprint density at radius 3 is 2.60 bits per heavy atom. The predicted octanol–water partition coefficient (Wildman–Crippen LogP) is 2.36. The number of amides is 1. The molecule has 1 fully saturated rings. The van der Waals surface area contributed by atoms with E-state index in [1.54, 1.807) is 0 Å². The molecule has 1 aromatic carbocycles. The third-order valence-electron chi connectivity index (χ3n) is 4.75. The second kappa shape index (κ2) is 9.78. The number of rotatable bonds is 8. The third-order valence-corrected chi connectivity index (χ3v) is 4.75. The van der Waals surface area contributed by atoms with Gasteiger partial charge in [0.05, 0.1) is 12.6 Å². The number of hydrogen-bond donors (Lipinski definition) is 1. The first-order valence-electron chi connectivity index (χ1n) is 9.39. The molecular weight excluding hydrogens is 314 g/mol. The Hall–Kier alpha value is -1.59. The largest absolute Gasteiger partial charge is 0.379 e. The summed E-state index contributed by atoms with van der Waals surface area (Å²) in [5, 5.41) is 2.99. The van der Waals surface area contributed by atoms with Crippen LogP contribution in [0.4, 0.5) is 5.69 Å². The maximum atomic E-state index is 12.1. The molecule has 1 amide bonds. The zero-order chi connectivity index (χ0) is 18.2. The van der Waals surface area contributed by atoms with Gasteiger partial charge >= 0.3 is 0 Å². The van der Waals surface area contributed by atoms with Crippen molar-refractivity contribution in [1.29, 1.82) is 0 Å². The maximum absolute atomic E-state index is 12.1. The van der Waals surface area contributed by atoms with E-state index in [1.807, 2.05) is 13.8 Å². The molecule has 0 atom stereocenters. The Morgan fingerprint density at radius 1 is 1.20 bits per heavy atom. The van der Waals surface area contributed by atoms with Crippen LogP contribution in [0.15, 0.2) is 18.2 Å². The summed E-state index contributed by atoms with van der Waals surface area (Å²) in [6.45, 7) is 14.1. The highest BCUT2D eigenvalue weighted by Gasteiger charge is 2.20. The minimum Gasteiger partial charge on any atom is -0.379 e. The van der Waals surface area contributed by atoms with Crippen molar-refractivity contribution in [1.82, 2.24) is 10.2 Å². The molecule has 1 N–H and O–H groups in total. The van der Waals surface area contributed by atoms with Crippen LogP contribution in [0.5, 0.6) is 0 Å². The fourth-order valence-electron chi connectivity index (χ4n) is 3.10. The van der Waals surface area contributed by atoms with Gasteiger partial charge in [-0.05, 0) is 51.3 Å². The summed E-state index contributed by atoms with van der Waals surface area (Å²) in [6.07, 6.45) is 1.12. The summed E-state index contributed by atoms with van der Waals surface area (Å²) in [5.74, 6) is 0.115. The van der Waals surface area contributed by atoms with E-state index in [0.717, 1.165) is 32.6 Å². The molecule has 1 heterocycles. The highest BCUT2D eigenvalue weighted by Crippen LogP contribution is 2.23. The lowest BCUT2D eigenvalue weighted by Crippen LogP contribution is -2.49. The van der Waals surface area contributed by atoms with Crippen molar-refractivity contribution < 1.29 is 9.53 Å². The monoisotopic (exact) mass is 347 g/mol. The molecule has 5 heteroatoms. The molecule has 0 aliphatic carbocycles. The first kappa shape index (κ1) is 19.7. The second-order valence-electron chi connectivity index (χ2n) is 7.11. The van der Waals surface area contributed by atoms with E-state index >= 15 is 0 Å². The van der Waals surface area contributed by atoms with Gasteiger partial charge in [-0.3, -0.25) is 9.69 Å². The van der Waals surface area contributed by atoms with Crippen molar-refractivity contribution >= 4 is 11.6 Å². The van der Waals surface area contributed by atoms with E-state index in [1.165, 1.54) is 16.8 Å². The molecule has 25 heavy (non-hydrogen) atoms. The Bertz CT molecular complexity index is 552. The number of benzene rings is 1. The smallest absolute Gasteiger partial charge is 0.234 e. The molecule has 0 radical (unpaired) electrons. The Kier molecular flexibility index (Phi) is 7.72. The van der Waals surface area contributed by atoms with Crippen LogP contribution < -0.4 is 10.2 Å². The van der Waals surface area contributed by atoms with Crippen LogP contribution in [0.3, 0.4) is 0 Å². The Balaban J connectivity index is 1.68. The first-order chi connectivity index (χ1) is 12.0. The van der Waals surface area contributed by atoms with Crippen molar-refractivity contribution in [3.05, 3.63) is 29.3 Å². The number of carbonyl (C=O) groups is 1. The molecule has 5 nitrogen and oxygen atoms in total. The van der Waals surface area contributed by atoms with E-state index < -0.39 is 0 Å². The normalized spacial score (nSPS) is 15.6. The standard InChI is InChI=1S/C20H33N3O2/c1-16(2)25-14-6-9-21-20(24)15-22-10-12-23(13-11-22)19-8-5-7-17(3)18(19)4/h5,7-8,16H,6,9-15H2,1-4H3,(H,21,24). The van der Waals surface area contributed by atoms with E-state index in [2.05, 4.69) is 47.2 Å². The lowest BCUT2D eigenvalue weighted by Gasteiger charge is -2.36. The number of nitrogens with zero attached hydrogens (tertiary/aromatic N) is 2. The van der Waals surface area contributed by atoms with E-state index in [4.69, 9.17) is 4.74 Å². The SMILES string of the molecule is Cc1cccc(N2CCN(CC(=O)NCCCOC(C)C)CC2)c1C. The van der Waals surface area contributed by atoms with E-state index in [0.29, 0.717) is 19.7 Å². The average Bonchev–Trinajstić information content (AvgIpc) is 2.57. The quantitative estimate of drug-likeness (QED) is 0.733. The van der Waals surface area contributed by atoms with E-state index in [9.17, 15) is 4.79 Å². The second-order valence-corrected chi connectivity index (χ2v) is 7.11. The molecule has 0 saturated carbocycles. The van der Waals surface area contributed by atoms with Gasteiger partial charge in [-0.15, -0.1) is 0 Å². The summed E-state index contributed by atoms with van der Waals surface area (Å²) in [4.78, 5) is 16.7. The van der Waals surface area contributed by atoms with Gasteiger partial charge in [0, 0.05) is 45.0 Å². The maximum Gasteiger partial charge on any atom is 0.234 e. The summed E-state index contributed by atoms with van der Waals surface area (Å²) in [5.41, 5.74) is 4.02. The fourth-order valence-corrected chi connectivity index (χ4v) is 3.10. The molecular formula is C20H33N3O2. The van der Waals surface area contributed by atoms with Crippen molar-refractivity contribution in [2.75, 3.05) is 50.8 Å². The zero-order valence-corrected chi connectivity index (χ0v) is 16.2.